The first-order valence-electron chi connectivity index (χ1n) is 8.12. The Labute approximate surface area is 135 Å². The molecule has 0 spiro atoms. The summed E-state index contributed by atoms with van der Waals surface area (Å²) >= 11 is 1.66. The van der Waals surface area contributed by atoms with E-state index >= 15 is 0 Å². The fourth-order valence-electron chi connectivity index (χ4n) is 2.97. The molecule has 1 aromatic heterocycles. The SMILES string of the molecule is O=C(NCC1CCCCO1)N1CCCN(c2nccs2)CC1. The van der Waals surface area contributed by atoms with Gasteiger partial charge in [0.25, 0.3) is 0 Å². The predicted octanol–water partition coefficient (Wildman–Crippen LogP) is 1.93. The number of rotatable bonds is 3. The van der Waals surface area contributed by atoms with Crippen molar-refractivity contribution in [3.05, 3.63) is 11.6 Å². The summed E-state index contributed by atoms with van der Waals surface area (Å²) < 4.78 is 5.66. The van der Waals surface area contributed by atoms with Crippen LogP contribution in [0.3, 0.4) is 0 Å². The van der Waals surface area contributed by atoms with Crippen LogP contribution in [-0.2, 0) is 4.74 Å². The number of aromatic nitrogens is 1. The third-order valence-electron chi connectivity index (χ3n) is 4.23. The predicted molar refractivity (Wildman–Crippen MR) is 87.5 cm³/mol. The van der Waals surface area contributed by atoms with Crippen LogP contribution in [0.15, 0.2) is 11.6 Å². The van der Waals surface area contributed by atoms with Gasteiger partial charge in [0.05, 0.1) is 6.10 Å². The monoisotopic (exact) mass is 324 g/mol. The summed E-state index contributed by atoms with van der Waals surface area (Å²) in [5, 5.41) is 6.08. The van der Waals surface area contributed by atoms with E-state index in [-0.39, 0.29) is 12.1 Å². The quantitative estimate of drug-likeness (QED) is 0.923. The Kier molecular flexibility index (Phi) is 5.50. The molecule has 2 saturated heterocycles. The van der Waals surface area contributed by atoms with Gasteiger partial charge in [0.15, 0.2) is 5.13 Å². The van der Waals surface area contributed by atoms with E-state index in [1.165, 1.54) is 6.42 Å². The highest BCUT2D eigenvalue weighted by molar-refractivity contribution is 7.13. The summed E-state index contributed by atoms with van der Waals surface area (Å²) in [7, 11) is 0. The lowest BCUT2D eigenvalue weighted by Gasteiger charge is -2.26. The van der Waals surface area contributed by atoms with Crippen LogP contribution in [0.5, 0.6) is 0 Å². The number of hydrogen-bond acceptors (Lipinski definition) is 5. The van der Waals surface area contributed by atoms with Gasteiger partial charge in [0.1, 0.15) is 0 Å². The molecule has 1 atom stereocenters. The highest BCUT2D eigenvalue weighted by Gasteiger charge is 2.21. The average molecular weight is 324 g/mol. The van der Waals surface area contributed by atoms with Crippen molar-refractivity contribution in [2.24, 2.45) is 0 Å². The van der Waals surface area contributed by atoms with Crippen molar-refractivity contribution in [2.75, 3.05) is 44.2 Å². The van der Waals surface area contributed by atoms with E-state index in [0.717, 1.165) is 57.2 Å². The van der Waals surface area contributed by atoms with Crippen LogP contribution in [0.4, 0.5) is 9.93 Å². The van der Waals surface area contributed by atoms with Crippen LogP contribution < -0.4 is 10.2 Å². The lowest BCUT2D eigenvalue weighted by atomic mass is 10.1. The van der Waals surface area contributed by atoms with Crippen LogP contribution in [0, 0.1) is 0 Å². The molecule has 6 nitrogen and oxygen atoms in total. The minimum absolute atomic E-state index is 0.0372. The van der Waals surface area contributed by atoms with Crippen LogP contribution in [0.2, 0.25) is 0 Å². The van der Waals surface area contributed by atoms with Gasteiger partial charge in [-0.3, -0.25) is 0 Å². The van der Waals surface area contributed by atoms with Crippen molar-refractivity contribution in [1.82, 2.24) is 15.2 Å². The van der Waals surface area contributed by atoms with Crippen LogP contribution >= 0.6 is 11.3 Å². The third-order valence-corrected chi connectivity index (χ3v) is 5.06. The van der Waals surface area contributed by atoms with Gasteiger partial charge in [-0.2, -0.15) is 0 Å². The molecule has 22 heavy (non-hydrogen) atoms. The summed E-state index contributed by atoms with van der Waals surface area (Å²) in [5.74, 6) is 0. The molecular formula is C15H24N4O2S. The smallest absolute Gasteiger partial charge is 0.317 e. The molecule has 2 amide bonds. The molecule has 2 aliphatic heterocycles. The maximum Gasteiger partial charge on any atom is 0.317 e. The highest BCUT2D eigenvalue weighted by Crippen LogP contribution is 2.19. The first-order chi connectivity index (χ1) is 10.8. The van der Waals surface area contributed by atoms with Gasteiger partial charge < -0.3 is 19.9 Å². The first kappa shape index (κ1) is 15.6. The van der Waals surface area contributed by atoms with Crippen molar-refractivity contribution >= 4 is 22.5 Å². The molecule has 1 unspecified atom stereocenters. The Bertz CT molecular complexity index is 462. The highest BCUT2D eigenvalue weighted by atomic mass is 32.1. The maximum absolute atomic E-state index is 12.3. The molecule has 0 radical (unpaired) electrons. The minimum Gasteiger partial charge on any atom is -0.376 e. The number of ether oxygens (including phenoxy) is 1. The van der Waals surface area contributed by atoms with Crippen molar-refractivity contribution < 1.29 is 9.53 Å². The molecule has 2 aliphatic rings. The number of hydrogen-bond donors (Lipinski definition) is 1. The molecular weight excluding hydrogens is 300 g/mol. The van der Waals surface area contributed by atoms with Gasteiger partial charge in [-0.05, 0) is 25.7 Å². The zero-order valence-electron chi connectivity index (χ0n) is 12.9. The third kappa shape index (κ3) is 4.10. The number of thiazole rings is 1. The fourth-order valence-corrected chi connectivity index (χ4v) is 3.66. The maximum atomic E-state index is 12.3. The summed E-state index contributed by atoms with van der Waals surface area (Å²) in [5.41, 5.74) is 0. The molecule has 0 bridgehead atoms. The van der Waals surface area contributed by atoms with E-state index in [2.05, 4.69) is 15.2 Å². The Morgan fingerprint density at radius 1 is 1.32 bits per heavy atom. The normalized spacial score (nSPS) is 23.2. The summed E-state index contributed by atoms with van der Waals surface area (Å²) in [4.78, 5) is 20.9. The topological polar surface area (TPSA) is 57.7 Å². The number of urea groups is 1. The Morgan fingerprint density at radius 2 is 2.27 bits per heavy atom. The van der Waals surface area contributed by atoms with Crippen molar-refractivity contribution in [3.8, 4) is 0 Å². The fraction of sp³-hybridized carbons (Fsp3) is 0.733. The second-order valence-electron chi connectivity index (χ2n) is 5.82. The zero-order valence-corrected chi connectivity index (χ0v) is 13.7. The summed E-state index contributed by atoms with van der Waals surface area (Å²) in [6.45, 7) is 4.82. The molecule has 1 N–H and O–H groups in total. The second-order valence-corrected chi connectivity index (χ2v) is 6.69. The van der Waals surface area contributed by atoms with E-state index in [4.69, 9.17) is 4.74 Å². The Morgan fingerprint density at radius 3 is 3.05 bits per heavy atom. The molecule has 7 heteroatoms. The molecule has 0 aliphatic carbocycles. The zero-order chi connectivity index (χ0) is 15.2. The van der Waals surface area contributed by atoms with Gasteiger partial charge in [-0.15, -0.1) is 11.3 Å². The molecule has 1 aromatic rings. The van der Waals surface area contributed by atoms with E-state index in [1.807, 2.05) is 16.5 Å². The number of nitrogens with zero attached hydrogens (tertiary/aromatic N) is 3. The molecule has 3 rings (SSSR count). The number of anilines is 1. The van der Waals surface area contributed by atoms with Gasteiger partial charge in [-0.1, -0.05) is 0 Å². The lowest BCUT2D eigenvalue weighted by Crippen LogP contribution is -2.45. The second kappa shape index (κ2) is 7.78. The Hall–Kier alpha value is -1.34. The van der Waals surface area contributed by atoms with Crippen LogP contribution in [-0.4, -0.2) is 61.3 Å². The lowest BCUT2D eigenvalue weighted by molar-refractivity contribution is 0.0178. The molecule has 122 valence electrons. The number of carbonyl (C=O) groups excluding carboxylic acids is 1. The van der Waals surface area contributed by atoms with Gasteiger partial charge in [-0.25, -0.2) is 9.78 Å². The largest absolute Gasteiger partial charge is 0.376 e. The molecule has 0 saturated carbocycles. The number of nitrogens with one attached hydrogen (secondary N) is 1. The van der Waals surface area contributed by atoms with E-state index in [9.17, 15) is 4.79 Å². The van der Waals surface area contributed by atoms with Crippen molar-refractivity contribution in [3.63, 3.8) is 0 Å². The van der Waals surface area contributed by atoms with Crippen molar-refractivity contribution in [2.45, 2.75) is 31.8 Å². The van der Waals surface area contributed by atoms with Crippen LogP contribution in [0.1, 0.15) is 25.7 Å². The van der Waals surface area contributed by atoms with Crippen LogP contribution in [0.25, 0.3) is 0 Å². The van der Waals surface area contributed by atoms with Crippen molar-refractivity contribution in [1.29, 1.82) is 0 Å². The van der Waals surface area contributed by atoms with E-state index < -0.39 is 0 Å². The average Bonchev–Trinajstić information content (AvgIpc) is 2.98. The van der Waals surface area contributed by atoms with Gasteiger partial charge >= 0.3 is 6.03 Å². The molecule has 2 fully saturated rings. The minimum atomic E-state index is 0.0372. The van der Waals surface area contributed by atoms with E-state index in [0.29, 0.717) is 6.54 Å². The Balaban J connectivity index is 1.44. The van der Waals surface area contributed by atoms with E-state index in [1.54, 1.807) is 11.3 Å². The number of carbonyl (C=O) groups is 1. The standard InChI is InChI=1S/C15H24N4O2S/c20-14(17-12-13-4-1-2-10-21-13)18-6-3-7-19(9-8-18)15-16-5-11-22-15/h5,11,13H,1-4,6-10,12H2,(H,17,20). The van der Waals surface area contributed by atoms with Gasteiger partial charge in [0.2, 0.25) is 0 Å². The first-order valence-corrected chi connectivity index (χ1v) is 9.00. The van der Waals surface area contributed by atoms with Gasteiger partial charge in [0, 0.05) is 50.9 Å². The molecule has 0 aromatic carbocycles. The molecule has 3 heterocycles. The summed E-state index contributed by atoms with van der Waals surface area (Å²) in [6, 6.07) is 0.0372. The summed E-state index contributed by atoms with van der Waals surface area (Å²) in [6.07, 6.45) is 6.40. The number of amides is 2.